The summed E-state index contributed by atoms with van der Waals surface area (Å²) in [5.74, 6) is 0.697. The molecule has 1 N–H and O–H groups in total. The fraction of sp³-hybridized carbons (Fsp3) is 0.435. The van der Waals surface area contributed by atoms with Crippen molar-refractivity contribution in [3.8, 4) is 0 Å². The van der Waals surface area contributed by atoms with E-state index in [-0.39, 0.29) is 23.2 Å². The standard InChI is InChI=1S/C23H27FN4O2/c1-23(2,3)20-13-18(26-27-20)22(29)28-11-7-6-10-19(28)21-25-14-16(30-21)12-15-8-4-5-9-17(15)24/h4-5,8-9,13-14,19H,6-7,10-12H2,1-3H3,(H,26,27). The molecule has 1 atom stereocenters. The Morgan fingerprint density at radius 3 is 2.83 bits per heavy atom. The first-order valence-electron chi connectivity index (χ1n) is 10.4. The number of carbonyl (C=O) groups is 1. The fourth-order valence-corrected chi connectivity index (χ4v) is 3.78. The monoisotopic (exact) mass is 410 g/mol. The van der Waals surface area contributed by atoms with Crippen molar-refractivity contribution in [2.75, 3.05) is 6.54 Å². The summed E-state index contributed by atoms with van der Waals surface area (Å²) in [5, 5.41) is 7.23. The first-order valence-corrected chi connectivity index (χ1v) is 10.4. The van der Waals surface area contributed by atoms with Crippen LogP contribution in [0.25, 0.3) is 0 Å². The predicted octanol–water partition coefficient (Wildman–Crippen LogP) is 4.79. The molecule has 3 aromatic rings. The highest BCUT2D eigenvalue weighted by Crippen LogP contribution is 2.32. The number of benzene rings is 1. The molecular formula is C23H27FN4O2. The highest BCUT2D eigenvalue weighted by atomic mass is 19.1. The maximum Gasteiger partial charge on any atom is 0.275 e. The first-order chi connectivity index (χ1) is 14.3. The lowest BCUT2D eigenvalue weighted by Gasteiger charge is -2.33. The number of carbonyl (C=O) groups excluding carboxylic acids is 1. The molecule has 0 aliphatic carbocycles. The van der Waals surface area contributed by atoms with Gasteiger partial charge in [0.1, 0.15) is 23.3 Å². The van der Waals surface area contributed by atoms with Crippen LogP contribution in [0.3, 0.4) is 0 Å². The molecule has 0 saturated carbocycles. The average Bonchev–Trinajstić information content (AvgIpc) is 3.39. The predicted molar refractivity (Wildman–Crippen MR) is 111 cm³/mol. The minimum absolute atomic E-state index is 0.114. The number of amides is 1. The number of aromatic amines is 1. The van der Waals surface area contributed by atoms with Crippen molar-refractivity contribution in [3.63, 3.8) is 0 Å². The van der Waals surface area contributed by atoms with Crippen LogP contribution in [0.15, 0.2) is 40.9 Å². The number of oxazole rings is 1. The molecule has 0 radical (unpaired) electrons. The second-order valence-corrected chi connectivity index (χ2v) is 8.86. The molecule has 30 heavy (non-hydrogen) atoms. The molecule has 0 bridgehead atoms. The molecule has 0 spiro atoms. The summed E-state index contributed by atoms with van der Waals surface area (Å²) in [6, 6.07) is 8.22. The third-order valence-corrected chi connectivity index (χ3v) is 5.55. The highest BCUT2D eigenvalue weighted by molar-refractivity contribution is 5.92. The molecule has 4 rings (SSSR count). The second kappa shape index (κ2) is 8.05. The number of hydrogen-bond acceptors (Lipinski definition) is 4. The number of nitrogens with one attached hydrogen (secondary N) is 1. The molecule has 1 saturated heterocycles. The van der Waals surface area contributed by atoms with Crippen molar-refractivity contribution in [1.29, 1.82) is 0 Å². The first kappa shape index (κ1) is 20.3. The molecule has 6 nitrogen and oxygen atoms in total. The van der Waals surface area contributed by atoms with E-state index in [4.69, 9.17) is 4.42 Å². The smallest absolute Gasteiger partial charge is 0.275 e. The van der Waals surface area contributed by atoms with Crippen LogP contribution in [0.1, 0.15) is 79.5 Å². The van der Waals surface area contributed by atoms with Crippen LogP contribution in [0.2, 0.25) is 0 Å². The third-order valence-electron chi connectivity index (χ3n) is 5.55. The summed E-state index contributed by atoms with van der Waals surface area (Å²) in [5.41, 5.74) is 1.77. The van der Waals surface area contributed by atoms with E-state index in [9.17, 15) is 9.18 Å². The van der Waals surface area contributed by atoms with E-state index in [1.165, 1.54) is 6.07 Å². The van der Waals surface area contributed by atoms with Gasteiger partial charge in [-0.05, 0) is 37.0 Å². The molecule has 1 fully saturated rings. The Labute approximate surface area is 175 Å². The third kappa shape index (κ3) is 4.15. The molecule has 7 heteroatoms. The van der Waals surface area contributed by atoms with Crippen molar-refractivity contribution < 1.29 is 13.6 Å². The molecule has 1 aliphatic heterocycles. The molecule has 158 valence electrons. The summed E-state index contributed by atoms with van der Waals surface area (Å²) in [6.07, 6.45) is 4.66. The van der Waals surface area contributed by atoms with Crippen LogP contribution in [-0.4, -0.2) is 32.5 Å². The van der Waals surface area contributed by atoms with Crippen LogP contribution in [0.4, 0.5) is 4.39 Å². The number of hydrogen-bond donors (Lipinski definition) is 1. The Hall–Kier alpha value is -2.96. The van der Waals surface area contributed by atoms with Crippen LogP contribution < -0.4 is 0 Å². The van der Waals surface area contributed by atoms with E-state index in [1.54, 1.807) is 29.3 Å². The normalized spacial score (nSPS) is 17.3. The maximum absolute atomic E-state index is 14.0. The molecule has 1 amide bonds. The Morgan fingerprint density at radius 2 is 2.10 bits per heavy atom. The van der Waals surface area contributed by atoms with Gasteiger partial charge in [-0.2, -0.15) is 5.10 Å². The van der Waals surface area contributed by atoms with Crippen LogP contribution in [-0.2, 0) is 11.8 Å². The van der Waals surface area contributed by atoms with Crippen molar-refractivity contribution in [2.45, 2.75) is 57.9 Å². The van der Waals surface area contributed by atoms with E-state index < -0.39 is 0 Å². The van der Waals surface area contributed by atoms with Crippen molar-refractivity contribution in [1.82, 2.24) is 20.1 Å². The second-order valence-electron chi connectivity index (χ2n) is 8.86. The zero-order chi connectivity index (χ0) is 21.3. The van der Waals surface area contributed by atoms with Crippen LogP contribution in [0, 0.1) is 5.82 Å². The summed E-state index contributed by atoms with van der Waals surface area (Å²) < 4.78 is 19.9. The molecule has 1 aromatic carbocycles. The van der Waals surface area contributed by atoms with Gasteiger partial charge in [0.2, 0.25) is 5.89 Å². The highest BCUT2D eigenvalue weighted by Gasteiger charge is 2.33. The van der Waals surface area contributed by atoms with E-state index in [0.29, 0.717) is 35.9 Å². The molecule has 1 aliphatic rings. The van der Waals surface area contributed by atoms with Crippen LogP contribution in [0.5, 0.6) is 0 Å². The summed E-state index contributed by atoms with van der Waals surface area (Å²) >= 11 is 0. The summed E-state index contributed by atoms with van der Waals surface area (Å²) in [4.78, 5) is 19.4. The zero-order valence-corrected chi connectivity index (χ0v) is 17.6. The van der Waals surface area contributed by atoms with E-state index in [1.807, 2.05) is 6.07 Å². The Kier molecular flexibility index (Phi) is 5.45. The molecule has 2 aromatic heterocycles. The molecular weight excluding hydrogens is 383 g/mol. The largest absolute Gasteiger partial charge is 0.443 e. The summed E-state index contributed by atoms with van der Waals surface area (Å²) in [7, 11) is 0. The lowest BCUT2D eigenvalue weighted by Crippen LogP contribution is -2.38. The number of nitrogens with zero attached hydrogens (tertiary/aromatic N) is 3. The van der Waals surface area contributed by atoms with Gasteiger partial charge in [-0.1, -0.05) is 39.0 Å². The van der Waals surface area contributed by atoms with Crippen molar-refractivity contribution >= 4 is 5.91 Å². The number of piperidine rings is 1. The van der Waals surface area contributed by atoms with Crippen molar-refractivity contribution in [3.05, 3.63) is 70.9 Å². The quantitative estimate of drug-likeness (QED) is 0.671. The summed E-state index contributed by atoms with van der Waals surface area (Å²) in [6.45, 7) is 6.85. The minimum atomic E-state index is -0.266. The SMILES string of the molecule is CC(C)(C)c1cc(C(=O)N2CCCCC2c2ncc(Cc3ccccc3F)o2)n[nH]1. The van der Waals surface area contributed by atoms with Gasteiger partial charge < -0.3 is 9.32 Å². The lowest BCUT2D eigenvalue weighted by atomic mass is 9.92. The Morgan fingerprint density at radius 1 is 1.30 bits per heavy atom. The molecule has 3 heterocycles. The number of H-pyrrole nitrogens is 1. The number of likely N-dealkylation sites (tertiary alicyclic amines) is 1. The number of halogens is 1. The Balaban J connectivity index is 1.54. The zero-order valence-electron chi connectivity index (χ0n) is 17.6. The van der Waals surface area contributed by atoms with Gasteiger partial charge in [0, 0.05) is 24.1 Å². The van der Waals surface area contributed by atoms with E-state index >= 15 is 0 Å². The van der Waals surface area contributed by atoms with Crippen molar-refractivity contribution in [2.24, 2.45) is 0 Å². The topological polar surface area (TPSA) is 75.0 Å². The fourth-order valence-electron chi connectivity index (χ4n) is 3.78. The van der Waals surface area contributed by atoms with Gasteiger partial charge >= 0.3 is 0 Å². The molecule has 1 unspecified atom stereocenters. The number of rotatable bonds is 4. The lowest BCUT2D eigenvalue weighted by molar-refractivity contribution is 0.0564. The van der Waals surface area contributed by atoms with Gasteiger partial charge in [0.05, 0.1) is 6.20 Å². The van der Waals surface area contributed by atoms with Gasteiger partial charge in [-0.25, -0.2) is 9.37 Å². The van der Waals surface area contributed by atoms with Gasteiger partial charge in [0.25, 0.3) is 5.91 Å². The number of aromatic nitrogens is 3. The van der Waals surface area contributed by atoms with Crippen LogP contribution >= 0.6 is 0 Å². The maximum atomic E-state index is 14.0. The Bertz CT molecular complexity index is 1030. The average molecular weight is 410 g/mol. The van der Waals surface area contributed by atoms with E-state index in [2.05, 4.69) is 36.0 Å². The van der Waals surface area contributed by atoms with Gasteiger partial charge in [-0.15, -0.1) is 0 Å². The van der Waals surface area contributed by atoms with E-state index in [0.717, 1.165) is 25.0 Å². The van der Waals surface area contributed by atoms with Gasteiger partial charge in [-0.3, -0.25) is 9.89 Å². The van der Waals surface area contributed by atoms with Gasteiger partial charge in [0.15, 0.2) is 0 Å². The minimum Gasteiger partial charge on any atom is -0.443 e.